The van der Waals surface area contributed by atoms with Crippen LogP contribution in [-0.4, -0.2) is 35.2 Å². The van der Waals surface area contributed by atoms with Crippen molar-refractivity contribution in [2.75, 3.05) is 13.2 Å². The average molecular weight is 269 g/mol. The van der Waals surface area contributed by atoms with E-state index in [1.54, 1.807) is 6.92 Å². The Balaban J connectivity index is 2.91. The first-order valence-corrected chi connectivity index (χ1v) is 5.25. The Morgan fingerprint density at radius 3 is 2.63 bits per heavy atom. The third-order valence-corrected chi connectivity index (χ3v) is 2.05. The molecule has 0 atom stereocenters. The monoisotopic (exact) mass is 269 g/mol. The van der Waals surface area contributed by atoms with Gasteiger partial charge in [-0.2, -0.15) is 0 Å². The number of carbonyl (C=O) groups is 2. The molecule has 19 heavy (non-hydrogen) atoms. The second kappa shape index (κ2) is 6.34. The van der Waals surface area contributed by atoms with Crippen LogP contribution in [0.5, 0.6) is 5.75 Å². The van der Waals surface area contributed by atoms with Gasteiger partial charge in [-0.15, -0.1) is 0 Å². The summed E-state index contributed by atoms with van der Waals surface area (Å²) in [6.45, 7) is 1.30. The lowest BCUT2D eigenvalue weighted by atomic mass is 10.2. The Bertz CT molecular complexity index is 512. The van der Waals surface area contributed by atoms with Gasteiger partial charge in [0.1, 0.15) is 0 Å². The lowest BCUT2D eigenvalue weighted by Crippen LogP contribution is -2.15. The van der Waals surface area contributed by atoms with Crippen molar-refractivity contribution < 1.29 is 29.1 Å². The van der Waals surface area contributed by atoms with E-state index in [4.69, 9.17) is 9.84 Å². The van der Waals surface area contributed by atoms with Crippen molar-refractivity contribution in [3.05, 3.63) is 33.9 Å². The van der Waals surface area contributed by atoms with Gasteiger partial charge in [-0.1, -0.05) is 0 Å². The second-order valence-electron chi connectivity index (χ2n) is 3.34. The molecule has 0 saturated heterocycles. The van der Waals surface area contributed by atoms with Crippen LogP contribution in [0, 0.1) is 10.1 Å². The first-order valence-electron chi connectivity index (χ1n) is 5.25. The van der Waals surface area contributed by atoms with E-state index in [9.17, 15) is 19.7 Å². The van der Waals surface area contributed by atoms with Gasteiger partial charge in [0.25, 0.3) is 0 Å². The zero-order valence-electron chi connectivity index (χ0n) is 9.99. The molecule has 1 N–H and O–H groups in total. The molecule has 8 nitrogen and oxygen atoms in total. The molecule has 0 amide bonds. The van der Waals surface area contributed by atoms with Crippen LogP contribution in [0.25, 0.3) is 0 Å². The van der Waals surface area contributed by atoms with Gasteiger partial charge in [-0.05, 0) is 19.1 Å². The molecule has 0 aliphatic carbocycles. The summed E-state index contributed by atoms with van der Waals surface area (Å²) in [5, 5.41) is 19.5. The summed E-state index contributed by atoms with van der Waals surface area (Å²) in [4.78, 5) is 31.8. The third-order valence-electron chi connectivity index (χ3n) is 2.05. The largest absolute Gasteiger partial charge is 0.478 e. The summed E-state index contributed by atoms with van der Waals surface area (Å²) in [6, 6.07) is 3.14. The molecule has 0 aliphatic rings. The zero-order valence-corrected chi connectivity index (χ0v) is 9.99. The van der Waals surface area contributed by atoms with E-state index in [1.165, 1.54) is 0 Å². The minimum absolute atomic E-state index is 0.169. The molecule has 0 aliphatic heterocycles. The van der Waals surface area contributed by atoms with Gasteiger partial charge in [0, 0.05) is 6.07 Å². The van der Waals surface area contributed by atoms with Gasteiger partial charge in [0.05, 0.1) is 17.1 Å². The fourth-order valence-electron chi connectivity index (χ4n) is 1.25. The number of aromatic carboxylic acids is 1. The van der Waals surface area contributed by atoms with Gasteiger partial charge in [-0.25, -0.2) is 9.59 Å². The highest BCUT2D eigenvalue weighted by Gasteiger charge is 2.19. The van der Waals surface area contributed by atoms with Crippen molar-refractivity contribution in [1.29, 1.82) is 0 Å². The van der Waals surface area contributed by atoms with Crippen LogP contribution in [0.2, 0.25) is 0 Å². The molecule has 0 spiro atoms. The van der Waals surface area contributed by atoms with Gasteiger partial charge in [-0.3, -0.25) is 10.1 Å². The summed E-state index contributed by atoms with van der Waals surface area (Å²) in [7, 11) is 0. The first-order chi connectivity index (χ1) is 8.95. The van der Waals surface area contributed by atoms with Gasteiger partial charge in [0.2, 0.25) is 0 Å². The van der Waals surface area contributed by atoms with Gasteiger partial charge in [0.15, 0.2) is 12.4 Å². The highest BCUT2D eigenvalue weighted by atomic mass is 16.6. The summed E-state index contributed by atoms with van der Waals surface area (Å²) >= 11 is 0. The summed E-state index contributed by atoms with van der Waals surface area (Å²) < 4.78 is 9.54. The van der Waals surface area contributed by atoms with Crippen LogP contribution in [0.1, 0.15) is 17.3 Å². The molecule has 0 bridgehead atoms. The van der Waals surface area contributed by atoms with E-state index in [-0.39, 0.29) is 17.9 Å². The normalized spacial score (nSPS) is 9.74. The van der Waals surface area contributed by atoms with Crippen molar-refractivity contribution in [3.8, 4) is 5.75 Å². The Morgan fingerprint density at radius 2 is 2.11 bits per heavy atom. The maximum Gasteiger partial charge on any atom is 0.344 e. The Labute approximate surface area is 107 Å². The number of nitro benzene ring substituents is 1. The first kappa shape index (κ1) is 14.4. The zero-order chi connectivity index (χ0) is 14.4. The summed E-state index contributed by atoms with van der Waals surface area (Å²) in [6.07, 6.45) is 0. The van der Waals surface area contributed by atoms with E-state index in [2.05, 4.69) is 4.74 Å². The van der Waals surface area contributed by atoms with Crippen LogP contribution in [0.15, 0.2) is 18.2 Å². The minimum Gasteiger partial charge on any atom is -0.478 e. The van der Waals surface area contributed by atoms with Crippen molar-refractivity contribution in [1.82, 2.24) is 0 Å². The van der Waals surface area contributed by atoms with Crippen molar-refractivity contribution in [2.45, 2.75) is 6.92 Å². The predicted molar refractivity (Wildman–Crippen MR) is 62.2 cm³/mol. The molecule has 0 aromatic heterocycles. The number of hydrogen-bond donors (Lipinski definition) is 1. The fourth-order valence-corrected chi connectivity index (χ4v) is 1.25. The molecule has 0 fully saturated rings. The lowest BCUT2D eigenvalue weighted by Gasteiger charge is -2.06. The molecule has 1 aromatic carbocycles. The average Bonchev–Trinajstić information content (AvgIpc) is 2.36. The van der Waals surface area contributed by atoms with E-state index < -0.39 is 29.2 Å². The number of carboxylic acid groups (broad SMARTS) is 1. The quantitative estimate of drug-likeness (QED) is 0.469. The predicted octanol–water partition coefficient (Wildman–Crippen LogP) is 1.23. The summed E-state index contributed by atoms with van der Waals surface area (Å²) in [5.41, 5.74) is -0.764. The maximum atomic E-state index is 11.1. The van der Waals surface area contributed by atoms with Crippen LogP contribution in [0.4, 0.5) is 5.69 Å². The number of ether oxygens (including phenoxy) is 2. The van der Waals surface area contributed by atoms with Crippen LogP contribution >= 0.6 is 0 Å². The third kappa shape index (κ3) is 3.95. The fraction of sp³-hybridized carbons (Fsp3) is 0.273. The van der Waals surface area contributed by atoms with E-state index in [0.29, 0.717) is 0 Å². The number of benzene rings is 1. The molecule has 8 heteroatoms. The van der Waals surface area contributed by atoms with E-state index >= 15 is 0 Å². The molecule has 102 valence electrons. The smallest absolute Gasteiger partial charge is 0.344 e. The molecule has 1 aromatic rings. The van der Waals surface area contributed by atoms with Crippen LogP contribution < -0.4 is 4.74 Å². The molecule has 1 rings (SSSR count). The Hall–Kier alpha value is -2.64. The topological polar surface area (TPSA) is 116 Å². The molecule has 0 heterocycles. The number of nitro groups is 1. The molecule has 0 saturated carbocycles. The standard InChI is InChI=1S/C11H11NO7/c1-2-18-10(13)6-19-9-4-3-7(11(14)15)5-8(9)12(16)17/h3-5H,2,6H2,1H3,(H,14,15). The highest BCUT2D eigenvalue weighted by Crippen LogP contribution is 2.27. The molecule has 0 unspecified atom stereocenters. The van der Waals surface area contributed by atoms with Gasteiger partial charge < -0.3 is 14.6 Å². The number of esters is 1. The van der Waals surface area contributed by atoms with E-state index in [1.807, 2.05) is 0 Å². The molecular weight excluding hydrogens is 258 g/mol. The molecular formula is C11H11NO7. The Kier molecular flexibility index (Phi) is 4.81. The van der Waals surface area contributed by atoms with Crippen molar-refractivity contribution in [2.24, 2.45) is 0 Å². The number of nitrogens with zero attached hydrogens (tertiary/aromatic N) is 1. The second-order valence-corrected chi connectivity index (χ2v) is 3.34. The maximum absolute atomic E-state index is 11.1. The van der Waals surface area contributed by atoms with Crippen LogP contribution in [-0.2, 0) is 9.53 Å². The SMILES string of the molecule is CCOC(=O)COc1ccc(C(=O)O)cc1[N+](=O)[O-]. The van der Waals surface area contributed by atoms with Crippen molar-refractivity contribution in [3.63, 3.8) is 0 Å². The van der Waals surface area contributed by atoms with Crippen molar-refractivity contribution >= 4 is 17.6 Å². The summed E-state index contributed by atoms with van der Waals surface area (Å²) in [5.74, 6) is -2.15. The lowest BCUT2D eigenvalue weighted by molar-refractivity contribution is -0.385. The highest BCUT2D eigenvalue weighted by molar-refractivity contribution is 5.89. The number of carbonyl (C=O) groups excluding carboxylic acids is 1. The number of rotatable bonds is 6. The molecule has 0 radical (unpaired) electrons. The van der Waals surface area contributed by atoms with E-state index in [0.717, 1.165) is 18.2 Å². The Morgan fingerprint density at radius 1 is 1.42 bits per heavy atom. The van der Waals surface area contributed by atoms with Crippen LogP contribution in [0.3, 0.4) is 0 Å². The minimum atomic E-state index is -1.29. The van der Waals surface area contributed by atoms with Gasteiger partial charge >= 0.3 is 17.6 Å². The number of carboxylic acids is 1. The number of hydrogen-bond acceptors (Lipinski definition) is 6.